The van der Waals surface area contributed by atoms with Crippen LogP contribution in [0.5, 0.6) is 0 Å². The smallest absolute Gasteiger partial charge is 0.214 e. The van der Waals surface area contributed by atoms with Crippen molar-refractivity contribution >= 4 is 22.8 Å². The first-order valence-electron chi connectivity index (χ1n) is 13.5. The molecule has 0 aliphatic carbocycles. The molecule has 5 rings (SSSR count). The largest absolute Gasteiger partial charge is 0.385 e. The SMILES string of the molecule is CCSO[C@]1(Cc2ccc3ccccc3c2)O[C@@H](C)[C@H](OCc2ccccc2)[C@@H](OCc2ccccc2)[C@H]1O. The van der Waals surface area contributed by atoms with Crippen LogP contribution >= 0.6 is 12.0 Å². The van der Waals surface area contributed by atoms with Crippen LogP contribution in [0.3, 0.4) is 0 Å². The lowest BCUT2D eigenvalue weighted by Gasteiger charge is -2.49. The summed E-state index contributed by atoms with van der Waals surface area (Å²) in [5.41, 5.74) is 3.09. The molecule has 1 fully saturated rings. The fourth-order valence-electron chi connectivity index (χ4n) is 5.13. The molecular weight excluding hydrogens is 508 g/mol. The predicted molar refractivity (Wildman–Crippen MR) is 156 cm³/mol. The van der Waals surface area contributed by atoms with E-state index in [1.165, 1.54) is 12.0 Å². The van der Waals surface area contributed by atoms with E-state index in [0.29, 0.717) is 25.4 Å². The summed E-state index contributed by atoms with van der Waals surface area (Å²) in [5.74, 6) is -0.593. The third-order valence-electron chi connectivity index (χ3n) is 7.09. The number of ether oxygens (including phenoxy) is 3. The molecule has 5 nitrogen and oxygen atoms in total. The van der Waals surface area contributed by atoms with E-state index in [9.17, 15) is 5.11 Å². The Morgan fingerprint density at radius 2 is 1.33 bits per heavy atom. The molecular formula is C33H36O5S. The zero-order valence-corrected chi connectivity index (χ0v) is 23.3. The molecule has 0 spiro atoms. The number of rotatable bonds is 11. The summed E-state index contributed by atoms with van der Waals surface area (Å²) in [6, 6.07) is 34.5. The summed E-state index contributed by atoms with van der Waals surface area (Å²) < 4.78 is 25.7. The molecule has 1 heterocycles. The maximum Gasteiger partial charge on any atom is 0.214 e. The second-order valence-corrected chi connectivity index (χ2v) is 10.9. The normalized spacial score (nSPS) is 25.1. The molecule has 204 valence electrons. The minimum absolute atomic E-state index is 0.341. The van der Waals surface area contributed by atoms with E-state index in [0.717, 1.165) is 27.5 Å². The molecule has 5 atom stereocenters. The lowest BCUT2D eigenvalue weighted by atomic mass is 9.88. The fraction of sp³-hybridized carbons (Fsp3) is 0.333. The van der Waals surface area contributed by atoms with Crippen LogP contribution in [0.15, 0.2) is 103 Å². The summed E-state index contributed by atoms with van der Waals surface area (Å²) in [7, 11) is 0. The van der Waals surface area contributed by atoms with Crippen molar-refractivity contribution < 1.29 is 23.5 Å². The zero-order chi connectivity index (χ0) is 27.1. The maximum atomic E-state index is 12.0. The van der Waals surface area contributed by atoms with Crippen molar-refractivity contribution in [2.24, 2.45) is 0 Å². The second kappa shape index (κ2) is 13.1. The highest BCUT2D eigenvalue weighted by molar-refractivity contribution is 7.94. The molecule has 1 saturated heterocycles. The Morgan fingerprint density at radius 1 is 0.744 bits per heavy atom. The number of benzene rings is 4. The minimum atomic E-state index is -1.31. The summed E-state index contributed by atoms with van der Waals surface area (Å²) >= 11 is 1.29. The first-order chi connectivity index (χ1) is 19.1. The highest BCUT2D eigenvalue weighted by Gasteiger charge is 2.55. The van der Waals surface area contributed by atoms with E-state index in [1.807, 2.05) is 86.6 Å². The molecule has 0 amide bonds. The highest BCUT2D eigenvalue weighted by atomic mass is 32.2. The molecule has 4 aromatic rings. The summed E-state index contributed by atoms with van der Waals surface area (Å²) in [6.45, 7) is 4.71. The number of aliphatic hydroxyl groups excluding tert-OH is 1. The van der Waals surface area contributed by atoms with Gasteiger partial charge in [-0.2, -0.15) is 0 Å². The average Bonchev–Trinajstić information content (AvgIpc) is 2.97. The topological polar surface area (TPSA) is 57.2 Å². The minimum Gasteiger partial charge on any atom is -0.385 e. The molecule has 39 heavy (non-hydrogen) atoms. The fourth-order valence-corrected chi connectivity index (χ4v) is 5.65. The zero-order valence-electron chi connectivity index (χ0n) is 22.4. The third-order valence-corrected chi connectivity index (χ3v) is 7.72. The molecule has 6 heteroatoms. The van der Waals surface area contributed by atoms with Gasteiger partial charge in [0, 0.05) is 12.2 Å². The van der Waals surface area contributed by atoms with Gasteiger partial charge in [-0.1, -0.05) is 110 Å². The standard InChI is InChI=1S/C33H36O5S/c1-3-39-38-33(21-27-18-19-28-16-10-11-17-29(28)20-27)32(34)31(36-23-26-14-8-5-9-15-26)30(24(2)37-33)35-22-25-12-6-4-7-13-25/h4-20,24,30-32,34H,3,21-23H2,1-2H3/t24-,30-,31+,32+,33-/m0/s1. The lowest BCUT2D eigenvalue weighted by molar-refractivity contribution is -0.339. The molecule has 1 aliphatic rings. The van der Waals surface area contributed by atoms with E-state index in [2.05, 4.69) is 30.3 Å². The van der Waals surface area contributed by atoms with E-state index in [-0.39, 0.29) is 0 Å². The second-order valence-electron chi connectivity index (χ2n) is 9.95. The van der Waals surface area contributed by atoms with Gasteiger partial charge in [0.15, 0.2) is 0 Å². The summed E-state index contributed by atoms with van der Waals surface area (Å²) in [4.78, 5) is 0. The van der Waals surface area contributed by atoms with Crippen molar-refractivity contribution in [1.29, 1.82) is 0 Å². The van der Waals surface area contributed by atoms with Gasteiger partial charge in [0.2, 0.25) is 5.79 Å². The average molecular weight is 545 g/mol. The van der Waals surface area contributed by atoms with Gasteiger partial charge in [-0.3, -0.25) is 4.18 Å². The van der Waals surface area contributed by atoms with Gasteiger partial charge in [-0.15, -0.1) is 0 Å². The first-order valence-corrected chi connectivity index (χ1v) is 14.4. The summed E-state index contributed by atoms with van der Waals surface area (Å²) in [6.07, 6.45) is -2.29. The van der Waals surface area contributed by atoms with Gasteiger partial charge in [0.05, 0.1) is 19.3 Å². The molecule has 0 bridgehead atoms. The van der Waals surface area contributed by atoms with Crippen molar-refractivity contribution in [3.05, 3.63) is 120 Å². The van der Waals surface area contributed by atoms with Crippen molar-refractivity contribution in [2.45, 2.75) is 63.7 Å². The molecule has 0 saturated carbocycles. The Morgan fingerprint density at radius 3 is 1.97 bits per heavy atom. The van der Waals surface area contributed by atoms with Crippen LogP contribution in [-0.4, -0.2) is 41.1 Å². The number of aliphatic hydroxyl groups is 1. The van der Waals surface area contributed by atoms with Gasteiger partial charge in [0.1, 0.15) is 18.3 Å². The van der Waals surface area contributed by atoms with Gasteiger partial charge in [-0.05, 0) is 46.4 Å². The quantitative estimate of drug-likeness (QED) is 0.212. The molecule has 0 unspecified atom stereocenters. The van der Waals surface area contributed by atoms with Crippen LogP contribution < -0.4 is 0 Å². The number of fused-ring (bicyclic) bond motifs is 1. The van der Waals surface area contributed by atoms with Crippen molar-refractivity contribution in [2.75, 3.05) is 5.75 Å². The number of hydrogen-bond donors (Lipinski definition) is 1. The number of hydrogen-bond acceptors (Lipinski definition) is 6. The Balaban J connectivity index is 1.44. The van der Waals surface area contributed by atoms with Gasteiger partial charge < -0.3 is 19.3 Å². The van der Waals surface area contributed by atoms with Gasteiger partial charge in [0.25, 0.3) is 0 Å². The van der Waals surface area contributed by atoms with E-state index < -0.39 is 30.2 Å². The Hall–Kier alpha value is -2.71. The molecule has 1 aliphatic heterocycles. The molecule has 0 radical (unpaired) electrons. The Labute approximate surface area is 235 Å². The van der Waals surface area contributed by atoms with E-state index in [4.69, 9.17) is 18.4 Å². The Kier molecular flexibility index (Phi) is 9.35. The van der Waals surface area contributed by atoms with E-state index >= 15 is 0 Å². The predicted octanol–water partition coefficient (Wildman–Crippen LogP) is 6.71. The van der Waals surface area contributed by atoms with Crippen LogP contribution in [-0.2, 0) is 38.0 Å². The van der Waals surface area contributed by atoms with Crippen molar-refractivity contribution in [3.8, 4) is 0 Å². The van der Waals surface area contributed by atoms with Gasteiger partial charge >= 0.3 is 0 Å². The van der Waals surface area contributed by atoms with Crippen LogP contribution in [0.2, 0.25) is 0 Å². The van der Waals surface area contributed by atoms with Crippen LogP contribution in [0.4, 0.5) is 0 Å². The lowest BCUT2D eigenvalue weighted by Crippen LogP contribution is -2.66. The van der Waals surface area contributed by atoms with E-state index in [1.54, 1.807) is 0 Å². The maximum absolute atomic E-state index is 12.0. The molecule has 0 aromatic heterocycles. The van der Waals surface area contributed by atoms with Crippen LogP contribution in [0.1, 0.15) is 30.5 Å². The van der Waals surface area contributed by atoms with Crippen LogP contribution in [0, 0.1) is 0 Å². The molecule has 4 aromatic carbocycles. The summed E-state index contributed by atoms with van der Waals surface area (Å²) in [5, 5.41) is 14.3. The van der Waals surface area contributed by atoms with Crippen LogP contribution in [0.25, 0.3) is 10.8 Å². The van der Waals surface area contributed by atoms with Crippen molar-refractivity contribution in [3.63, 3.8) is 0 Å². The molecule has 1 N–H and O–H groups in total. The highest BCUT2D eigenvalue weighted by Crippen LogP contribution is 2.40. The third kappa shape index (κ3) is 6.72. The van der Waals surface area contributed by atoms with Gasteiger partial charge in [-0.25, -0.2) is 0 Å². The van der Waals surface area contributed by atoms with Crippen molar-refractivity contribution in [1.82, 2.24) is 0 Å². The first kappa shape index (κ1) is 27.8. The Bertz CT molecular complexity index is 1320. The monoisotopic (exact) mass is 544 g/mol.